The van der Waals surface area contributed by atoms with E-state index in [1.165, 1.54) is 16.3 Å². The van der Waals surface area contributed by atoms with Gasteiger partial charge in [0.15, 0.2) is 11.4 Å². The number of aromatic hydroxyl groups is 1. The molecule has 1 amide bonds. The molecule has 4 heterocycles. The second-order valence-corrected chi connectivity index (χ2v) is 11.8. The average Bonchev–Trinajstić information content (AvgIpc) is 2.92. The molecule has 0 bridgehead atoms. The lowest BCUT2D eigenvalue weighted by molar-refractivity contribution is 0.102. The average molecular weight is 570 g/mol. The number of aryl methyl sites for hydroxylation is 1. The molecule has 0 aliphatic carbocycles. The third-order valence-electron chi connectivity index (χ3n) is 7.81. The van der Waals surface area contributed by atoms with Crippen LogP contribution in [-0.4, -0.2) is 43.6 Å². The van der Waals surface area contributed by atoms with Crippen LogP contribution in [0.5, 0.6) is 5.88 Å². The first kappa shape index (κ1) is 27.3. The summed E-state index contributed by atoms with van der Waals surface area (Å²) in [7, 11) is 0. The van der Waals surface area contributed by atoms with E-state index in [4.69, 9.17) is 17.3 Å². The van der Waals surface area contributed by atoms with E-state index in [9.17, 15) is 14.7 Å². The molecule has 206 valence electrons. The SMILES string of the molecule is CCC1(C)CCN(c2cnc(Sc3cccc(NC(=O)c4c(O)nc5n(c4=O)CCCC5)c3Cl)c(N)n2)CC1. The molecule has 0 atom stereocenters. The fourth-order valence-electron chi connectivity index (χ4n) is 4.98. The fourth-order valence-corrected chi connectivity index (χ4v) is 6.08. The quantitative estimate of drug-likeness (QED) is 0.384. The Morgan fingerprint density at radius 2 is 2.00 bits per heavy atom. The fraction of sp³-hybridized carbons (Fsp3) is 0.444. The van der Waals surface area contributed by atoms with Gasteiger partial charge in [0, 0.05) is 31.0 Å². The number of nitrogen functional groups attached to an aromatic ring is 1. The Morgan fingerprint density at radius 3 is 2.72 bits per heavy atom. The highest BCUT2D eigenvalue weighted by atomic mass is 35.5. The zero-order chi connectivity index (χ0) is 27.7. The third-order valence-corrected chi connectivity index (χ3v) is 9.39. The number of carbonyl (C=O) groups is 1. The number of halogens is 1. The Hall–Kier alpha value is -3.31. The molecule has 12 heteroatoms. The van der Waals surface area contributed by atoms with Crippen LogP contribution in [0.3, 0.4) is 0 Å². The Bertz CT molecular complexity index is 1470. The van der Waals surface area contributed by atoms with Crippen molar-refractivity contribution < 1.29 is 9.90 Å². The van der Waals surface area contributed by atoms with Gasteiger partial charge in [0.2, 0.25) is 5.88 Å². The minimum absolute atomic E-state index is 0.251. The number of hydrogen-bond acceptors (Lipinski definition) is 9. The van der Waals surface area contributed by atoms with E-state index in [2.05, 4.69) is 39.0 Å². The molecule has 5 rings (SSSR count). The highest BCUT2D eigenvalue weighted by Gasteiger charge is 2.29. The number of hydrogen-bond donors (Lipinski definition) is 3. The summed E-state index contributed by atoms with van der Waals surface area (Å²) < 4.78 is 1.45. The van der Waals surface area contributed by atoms with Crippen LogP contribution in [0.15, 0.2) is 39.1 Å². The van der Waals surface area contributed by atoms with E-state index in [-0.39, 0.29) is 10.7 Å². The van der Waals surface area contributed by atoms with Crippen LogP contribution in [-0.2, 0) is 13.0 Å². The molecule has 0 spiro atoms. The van der Waals surface area contributed by atoms with Gasteiger partial charge in [-0.05, 0) is 43.2 Å². The molecule has 2 aliphatic heterocycles. The Morgan fingerprint density at radius 1 is 1.23 bits per heavy atom. The van der Waals surface area contributed by atoms with Crippen molar-refractivity contribution in [3.8, 4) is 5.88 Å². The number of nitrogens with zero attached hydrogens (tertiary/aromatic N) is 5. The maximum Gasteiger partial charge on any atom is 0.270 e. The molecule has 0 saturated carbocycles. The molecule has 10 nitrogen and oxygen atoms in total. The minimum atomic E-state index is -0.778. The van der Waals surface area contributed by atoms with E-state index in [1.54, 1.807) is 24.4 Å². The van der Waals surface area contributed by atoms with Crippen molar-refractivity contribution in [2.75, 3.05) is 29.0 Å². The molecule has 3 aromatic rings. The molecule has 0 radical (unpaired) electrons. The first-order chi connectivity index (χ1) is 18.7. The van der Waals surface area contributed by atoms with Crippen molar-refractivity contribution in [3.05, 3.63) is 51.2 Å². The van der Waals surface area contributed by atoms with Gasteiger partial charge in [-0.15, -0.1) is 0 Å². The number of nitrogens with one attached hydrogen (secondary N) is 1. The van der Waals surface area contributed by atoms with Gasteiger partial charge < -0.3 is 21.1 Å². The van der Waals surface area contributed by atoms with Crippen LogP contribution >= 0.6 is 23.4 Å². The molecular weight excluding hydrogens is 538 g/mol. The summed E-state index contributed by atoms with van der Waals surface area (Å²) in [5, 5.41) is 13.7. The predicted octanol–water partition coefficient (Wildman–Crippen LogP) is 4.73. The zero-order valence-electron chi connectivity index (χ0n) is 22.0. The standard InChI is InChI=1S/C27H32ClN7O3S/c1-3-27(2)10-13-34(14-11-27)19-15-30-25(22(29)32-19)39-17-8-6-7-16(21(17)28)31-23(36)20-24(37)33-18-9-4-5-12-35(18)26(20)38/h6-8,15,37H,3-5,9-14H2,1-2H3,(H2,29,32)(H,31,36). The number of rotatable bonds is 6. The topological polar surface area (TPSA) is 139 Å². The summed E-state index contributed by atoms with van der Waals surface area (Å²) in [6.45, 7) is 6.86. The lowest BCUT2D eigenvalue weighted by Crippen LogP contribution is -2.39. The van der Waals surface area contributed by atoms with Crippen molar-refractivity contribution in [2.24, 2.45) is 5.41 Å². The molecule has 4 N–H and O–H groups in total. The van der Waals surface area contributed by atoms with Crippen LogP contribution in [0.2, 0.25) is 5.02 Å². The van der Waals surface area contributed by atoms with Crippen molar-refractivity contribution in [1.82, 2.24) is 19.5 Å². The van der Waals surface area contributed by atoms with Gasteiger partial charge in [0.25, 0.3) is 11.5 Å². The molecule has 1 saturated heterocycles. The lowest BCUT2D eigenvalue weighted by Gasteiger charge is -2.39. The van der Waals surface area contributed by atoms with Gasteiger partial charge in [-0.3, -0.25) is 14.2 Å². The number of amides is 1. The third kappa shape index (κ3) is 5.56. The summed E-state index contributed by atoms with van der Waals surface area (Å²) >= 11 is 7.87. The summed E-state index contributed by atoms with van der Waals surface area (Å²) in [5.41, 5.74) is 5.96. The van der Waals surface area contributed by atoms with Gasteiger partial charge >= 0.3 is 0 Å². The van der Waals surface area contributed by atoms with Crippen LogP contribution in [0.25, 0.3) is 0 Å². The maximum atomic E-state index is 13.0. The molecule has 39 heavy (non-hydrogen) atoms. The van der Waals surface area contributed by atoms with Crippen molar-refractivity contribution in [2.45, 2.75) is 68.8 Å². The predicted molar refractivity (Wildman–Crippen MR) is 153 cm³/mol. The van der Waals surface area contributed by atoms with E-state index >= 15 is 0 Å². The minimum Gasteiger partial charge on any atom is -0.493 e. The molecule has 2 aliphatic rings. The highest BCUT2D eigenvalue weighted by Crippen LogP contribution is 2.40. The van der Waals surface area contributed by atoms with Gasteiger partial charge in [0.05, 0.1) is 16.9 Å². The Balaban J connectivity index is 1.32. The van der Waals surface area contributed by atoms with Gasteiger partial charge in [0.1, 0.15) is 16.7 Å². The number of anilines is 3. The number of piperidine rings is 1. The molecule has 1 fully saturated rings. The van der Waals surface area contributed by atoms with E-state index in [0.717, 1.165) is 51.0 Å². The number of nitrogens with two attached hydrogens (primary N) is 1. The lowest BCUT2D eigenvalue weighted by atomic mass is 9.78. The maximum absolute atomic E-state index is 13.0. The highest BCUT2D eigenvalue weighted by molar-refractivity contribution is 7.99. The number of benzene rings is 1. The Labute approximate surface area is 236 Å². The molecular formula is C27H32ClN7O3S. The van der Waals surface area contributed by atoms with Gasteiger partial charge in [-0.1, -0.05) is 49.7 Å². The van der Waals surface area contributed by atoms with E-state index in [1.807, 2.05) is 0 Å². The number of fused-ring (bicyclic) bond motifs is 1. The monoisotopic (exact) mass is 569 g/mol. The van der Waals surface area contributed by atoms with Crippen molar-refractivity contribution in [1.29, 1.82) is 0 Å². The second-order valence-electron chi connectivity index (χ2n) is 10.4. The van der Waals surface area contributed by atoms with Crippen molar-refractivity contribution >= 4 is 46.6 Å². The summed E-state index contributed by atoms with van der Waals surface area (Å²) in [6, 6.07) is 5.11. The van der Waals surface area contributed by atoms with Crippen LogP contribution in [0.1, 0.15) is 62.1 Å². The first-order valence-corrected chi connectivity index (χ1v) is 14.4. The van der Waals surface area contributed by atoms with Crippen LogP contribution in [0, 0.1) is 5.41 Å². The summed E-state index contributed by atoms with van der Waals surface area (Å²) in [4.78, 5) is 42.0. The zero-order valence-corrected chi connectivity index (χ0v) is 23.6. The second kappa shape index (κ2) is 11.1. The van der Waals surface area contributed by atoms with Crippen LogP contribution in [0.4, 0.5) is 17.3 Å². The van der Waals surface area contributed by atoms with Crippen molar-refractivity contribution in [3.63, 3.8) is 0 Å². The largest absolute Gasteiger partial charge is 0.493 e. The van der Waals surface area contributed by atoms with Gasteiger partial charge in [-0.2, -0.15) is 4.98 Å². The molecule has 0 unspecified atom stereocenters. The molecule has 2 aromatic heterocycles. The molecule has 1 aromatic carbocycles. The number of aromatic nitrogens is 4. The van der Waals surface area contributed by atoms with Gasteiger partial charge in [-0.25, -0.2) is 9.97 Å². The summed E-state index contributed by atoms with van der Waals surface area (Å²) in [5.74, 6) is 0.181. The number of carbonyl (C=O) groups excluding carboxylic acids is 1. The smallest absolute Gasteiger partial charge is 0.270 e. The normalized spacial score (nSPS) is 16.5. The first-order valence-electron chi connectivity index (χ1n) is 13.2. The summed E-state index contributed by atoms with van der Waals surface area (Å²) in [6.07, 6.45) is 7.36. The van der Waals surface area contributed by atoms with E-state index < -0.39 is 22.9 Å². The van der Waals surface area contributed by atoms with Crippen LogP contribution < -0.4 is 21.5 Å². The Kier molecular flexibility index (Phi) is 7.73. The van der Waals surface area contributed by atoms with E-state index in [0.29, 0.717) is 39.9 Å².